The summed E-state index contributed by atoms with van der Waals surface area (Å²) in [7, 11) is 0. The van der Waals surface area contributed by atoms with Crippen molar-refractivity contribution in [1.82, 2.24) is 9.55 Å². The minimum absolute atomic E-state index is 0.00704. The second-order valence-electron chi connectivity index (χ2n) is 4.94. The molecule has 2 heterocycles. The summed E-state index contributed by atoms with van der Waals surface area (Å²) < 4.78 is 1.87. The average Bonchev–Trinajstić information content (AvgIpc) is 2.77. The number of hydrogen-bond acceptors (Lipinski definition) is 4. The van der Waals surface area contributed by atoms with E-state index < -0.39 is 0 Å². The van der Waals surface area contributed by atoms with Crippen molar-refractivity contribution in [2.45, 2.75) is 26.3 Å². The van der Waals surface area contributed by atoms with E-state index in [9.17, 15) is 4.79 Å². The SMILES string of the molecule is CC[C@H](C)[C@H]1Nc2c3ccccc3nc(=S)n2C1=O. The van der Waals surface area contributed by atoms with Crippen LogP contribution in [0.2, 0.25) is 0 Å². The number of hydrogen-bond donors (Lipinski definition) is 1. The van der Waals surface area contributed by atoms with Crippen LogP contribution in [0.25, 0.3) is 10.9 Å². The Morgan fingerprint density at radius 2 is 2.21 bits per heavy atom. The van der Waals surface area contributed by atoms with Gasteiger partial charge >= 0.3 is 0 Å². The first-order chi connectivity index (χ1) is 9.13. The van der Waals surface area contributed by atoms with Gasteiger partial charge < -0.3 is 5.32 Å². The largest absolute Gasteiger partial charge is 0.359 e. The summed E-state index contributed by atoms with van der Waals surface area (Å²) in [6, 6.07) is 7.52. The molecule has 0 amide bonds. The van der Waals surface area contributed by atoms with Gasteiger partial charge in [-0.25, -0.2) is 9.55 Å². The molecule has 19 heavy (non-hydrogen) atoms. The third-order valence-corrected chi connectivity index (χ3v) is 4.06. The molecule has 0 saturated heterocycles. The summed E-state index contributed by atoms with van der Waals surface area (Å²) in [6.45, 7) is 4.15. The van der Waals surface area contributed by atoms with Crippen LogP contribution in [0.1, 0.15) is 25.1 Å². The van der Waals surface area contributed by atoms with Gasteiger partial charge in [-0.1, -0.05) is 32.4 Å². The summed E-state index contributed by atoms with van der Waals surface area (Å²) in [5.74, 6) is 1.05. The molecule has 0 spiro atoms. The van der Waals surface area contributed by atoms with E-state index in [0.717, 1.165) is 23.1 Å². The van der Waals surface area contributed by atoms with Crippen molar-refractivity contribution in [2.75, 3.05) is 5.32 Å². The number of nitrogens with zero attached hydrogens (tertiary/aromatic N) is 2. The third-order valence-electron chi connectivity index (χ3n) is 3.78. The molecular formula is C14H15N3OS. The van der Waals surface area contributed by atoms with E-state index in [0.29, 0.717) is 4.77 Å². The number of para-hydroxylation sites is 1. The first-order valence-corrected chi connectivity index (χ1v) is 6.87. The molecule has 3 rings (SSSR count). The molecule has 0 saturated carbocycles. The van der Waals surface area contributed by atoms with Crippen LogP contribution >= 0.6 is 12.2 Å². The fourth-order valence-electron chi connectivity index (χ4n) is 2.46. The third kappa shape index (κ3) is 1.76. The molecule has 0 aliphatic carbocycles. The van der Waals surface area contributed by atoms with Crippen LogP contribution in [0.4, 0.5) is 5.82 Å². The van der Waals surface area contributed by atoms with Crippen LogP contribution in [0.3, 0.4) is 0 Å². The van der Waals surface area contributed by atoms with Crippen molar-refractivity contribution < 1.29 is 4.79 Å². The molecule has 1 aromatic heterocycles. The zero-order valence-corrected chi connectivity index (χ0v) is 11.7. The lowest BCUT2D eigenvalue weighted by molar-refractivity contribution is 0.0882. The highest BCUT2D eigenvalue weighted by Crippen LogP contribution is 2.30. The standard InChI is InChI=1S/C14H15N3OS/c1-3-8(2)11-13(18)17-12(16-11)9-6-4-5-7-10(9)15-14(17)19/h4-8,11,16H,3H2,1-2H3/t8-,11+/m0/s1. The maximum absolute atomic E-state index is 12.5. The quantitative estimate of drug-likeness (QED) is 0.853. The lowest BCUT2D eigenvalue weighted by Gasteiger charge is -2.15. The van der Waals surface area contributed by atoms with Crippen molar-refractivity contribution in [3.63, 3.8) is 0 Å². The second-order valence-corrected chi connectivity index (χ2v) is 5.31. The number of carbonyl (C=O) groups excluding carboxylic acids is 1. The fraction of sp³-hybridized carbons (Fsp3) is 0.357. The van der Waals surface area contributed by atoms with E-state index in [1.54, 1.807) is 0 Å². The maximum atomic E-state index is 12.5. The van der Waals surface area contributed by atoms with Crippen LogP contribution in [0, 0.1) is 10.7 Å². The maximum Gasteiger partial charge on any atom is 0.257 e. The number of fused-ring (bicyclic) bond motifs is 3. The van der Waals surface area contributed by atoms with Crippen LogP contribution in [-0.4, -0.2) is 21.5 Å². The van der Waals surface area contributed by atoms with Gasteiger partial charge in [0.2, 0.25) is 4.77 Å². The van der Waals surface area contributed by atoms with E-state index in [2.05, 4.69) is 24.1 Å². The smallest absolute Gasteiger partial charge is 0.257 e. The molecule has 2 aromatic rings. The van der Waals surface area contributed by atoms with Crippen molar-refractivity contribution in [2.24, 2.45) is 5.92 Å². The Labute approximate surface area is 116 Å². The first kappa shape index (κ1) is 12.3. The molecule has 1 aliphatic rings. The molecule has 0 unspecified atom stereocenters. The van der Waals surface area contributed by atoms with Gasteiger partial charge in [-0.2, -0.15) is 0 Å². The number of anilines is 1. The molecule has 98 valence electrons. The van der Waals surface area contributed by atoms with Crippen molar-refractivity contribution in [3.8, 4) is 0 Å². The topological polar surface area (TPSA) is 46.9 Å². The Morgan fingerprint density at radius 3 is 2.95 bits per heavy atom. The summed E-state index contributed by atoms with van der Waals surface area (Å²) in [5, 5.41) is 4.27. The molecule has 0 radical (unpaired) electrons. The molecule has 1 N–H and O–H groups in total. The van der Waals surface area contributed by atoms with E-state index in [1.807, 2.05) is 24.3 Å². The molecule has 0 bridgehead atoms. The molecule has 0 fully saturated rings. The molecular weight excluding hydrogens is 258 g/mol. The van der Waals surface area contributed by atoms with Crippen LogP contribution in [0.15, 0.2) is 24.3 Å². The highest BCUT2D eigenvalue weighted by molar-refractivity contribution is 7.71. The minimum Gasteiger partial charge on any atom is -0.359 e. The van der Waals surface area contributed by atoms with Crippen LogP contribution < -0.4 is 5.32 Å². The Kier molecular flexibility index (Phi) is 2.86. The van der Waals surface area contributed by atoms with E-state index in [4.69, 9.17) is 12.2 Å². The van der Waals surface area contributed by atoms with Gasteiger partial charge in [0.1, 0.15) is 11.9 Å². The molecule has 1 aromatic carbocycles. The number of carbonyl (C=O) groups is 1. The van der Waals surface area contributed by atoms with Gasteiger partial charge in [-0.3, -0.25) is 4.79 Å². The van der Waals surface area contributed by atoms with E-state index in [-0.39, 0.29) is 17.9 Å². The van der Waals surface area contributed by atoms with Crippen molar-refractivity contribution in [3.05, 3.63) is 29.0 Å². The minimum atomic E-state index is -0.209. The average molecular weight is 273 g/mol. The van der Waals surface area contributed by atoms with Gasteiger partial charge in [0.15, 0.2) is 0 Å². The van der Waals surface area contributed by atoms with Gasteiger partial charge in [-0.05, 0) is 30.3 Å². The Hall–Kier alpha value is -1.75. The van der Waals surface area contributed by atoms with Gasteiger partial charge in [0.25, 0.3) is 5.91 Å². The molecule has 2 atom stereocenters. The van der Waals surface area contributed by atoms with Gasteiger partial charge in [0, 0.05) is 5.39 Å². The number of aromatic nitrogens is 2. The van der Waals surface area contributed by atoms with Crippen molar-refractivity contribution >= 4 is 34.8 Å². The Balaban J connectivity index is 2.24. The second kappa shape index (κ2) is 4.42. The lowest BCUT2D eigenvalue weighted by atomic mass is 9.99. The van der Waals surface area contributed by atoms with Gasteiger partial charge in [-0.15, -0.1) is 0 Å². The van der Waals surface area contributed by atoms with Crippen molar-refractivity contribution in [1.29, 1.82) is 0 Å². The zero-order chi connectivity index (χ0) is 13.6. The first-order valence-electron chi connectivity index (χ1n) is 6.46. The number of benzene rings is 1. The van der Waals surface area contributed by atoms with Crippen LogP contribution in [0.5, 0.6) is 0 Å². The fourth-order valence-corrected chi connectivity index (χ4v) is 2.74. The molecule has 4 nitrogen and oxygen atoms in total. The van der Waals surface area contributed by atoms with E-state index >= 15 is 0 Å². The van der Waals surface area contributed by atoms with Gasteiger partial charge in [0.05, 0.1) is 5.52 Å². The Bertz CT molecular complexity index is 722. The molecule has 1 aliphatic heterocycles. The number of nitrogens with one attached hydrogen (secondary N) is 1. The monoisotopic (exact) mass is 273 g/mol. The zero-order valence-electron chi connectivity index (χ0n) is 10.9. The predicted molar refractivity (Wildman–Crippen MR) is 78.1 cm³/mol. The predicted octanol–water partition coefficient (Wildman–Crippen LogP) is 3.25. The summed E-state index contributed by atoms with van der Waals surface area (Å²) in [4.78, 5) is 16.8. The molecule has 5 heteroatoms. The van der Waals surface area contributed by atoms with Crippen LogP contribution in [-0.2, 0) is 0 Å². The summed E-state index contributed by atoms with van der Waals surface area (Å²) in [5.41, 5.74) is 0.823. The number of rotatable bonds is 2. The Morgan fingerprint density at radius 1 is 1.47 bits per heavy atom. The highest BCUT2D eigenvalue weighted by Gasteiger charge is 2.34. The highest BCUT2D eigenvalue weighted by atomic mass is 32.1. The van der Waals surface area contributed by atoms with E-state index in [1.165, 1.54) is 4.57 Å². The normalized spacial score (nSPS) is 19.3. The lowest BCUT2D eigenvalue weighted by Crippen LogP contribution is -2.31. The summed E-state index contributed by atoms with van der Waals surface area (Å²) in [6.07, 6.45) is 0.941. The summed E-state index contributed by atoms with van der Waals surface area (Å²) >= 11 is 5.25.